The van der Waals surface area contributed by atoms with E-state index in [0.29, 0.717) is 6.61 Å². The quantitative estimate of drug-likeness (QED) is 0.851. The van der Waals surface area contributed by atoms with Crippen molar-refractivity contribution in [3.63, 3.8) is 0 Å². The molecule has 0 saturated carbocycles. The molecular formula is C16H25N5O2. The fraction of sp³-hybridized carbons (Fsp3) is 0.688. The van der Waals surface area contributed by atoms with Gasteiger partial charge in [-0.25, -0.2) is 0 Å². The van der Waals surface area contributed by atoms with Gasteiger partial charge in [-0.05, 0) is 38.1 Å². The molecule has 3 heterocycles. The molecule has 7 heteroatoms. The van der Waals surface area contributed by atoms with Crippen LogP contribution in [0.15, 0.2) is 18.3 Å². The molecule has 2 fully saturated rings. The van der Waals surface area contributed by atoms with E-state index in [1.165, 1.54) is 0 Å². The largest absolute Gasteiger partial charge is 0.384 e. The van der Waals surface area contributed by atoms with Crippen LogP contribution in [-0.2, 0) is 9.53 Å². The van der Waals surface area contributed by atoms with Gasteiger partial charge in [0, 0.05) is 39.5 Å². The van der Waals surface area contributed by atoms with E-state index in [-0.39, 0.29) is 11.3 Å². The van der Waals surface area contributed by atoms with Crippen molar-refractivity contribution in [2.75, 3.05) is 57.9 Å². The van der Waals surface area contributed by atoms with Crippen molar-refractivity contribution in [3.05, 3.63) is 18.3 Å². The van der Waals surface area contributed by atoms with Gasteiger partial charge >= 0.3 is 0 Å². The van der Waals surface area contributed by atoms with Crippen LogP contribution in [0.5, 0.6) is 0 Å². The lowest BCUT2D eigenvalue weighted by Crippen LogP contribution is -2.56. The van der Waals surface area contributed by atoms with Gasteiger partial charge in [-0.15, -0.1) is 5.10 Å². The number of nitrogens with one attached hydrogen (secondary N) is 1. The monoisotopic (exact) mass is 319 g/mol. The molecule has 0 aliphatic carbocycles. The highest BCUT2D eigenvalue weighted by molar-refractivity contribution is 5.83. The number of piperazine rings is 1. The van der Waals surface area contributed by atoms with Gasteiger partial charge in [-0.2, -0.15) is 5.10 Å². The van der Waals surface area contributed by atoms with Crippen LogP contribution in [0.3, 0.4) is 0 Å². The minimum absolute atomic E-state index is 0.250. The average Bonchev–Trinajstić information content (AvgIpc) is 2.63. The minimum atomic E-state index is -0.352. The summed E-state index contributed by atoms with van der Waals surface area (Å²) in [6.07, 6.45) is 3.38. The van der Waals surface area contributed by atoms with Gasteiger partial charge in [0.2, 0.25) is 5.91 Å². The summed E-state index contributed by atoms with van der Waals surface area (Å²) in [6, 6.07) is 3.85. The number of anilines is 1. The van der Waals surface area contributed by atoms with E-state index < -0.39 is 0 Å². The van der Waals surface area contributed by atoms with Crippen LogP contribution in [0, 0.1) is 5.41 Å². The molecule has 3 rings (SSSR count). The second-order valence-electron chi connectivity index (χ2n) is 6.32. The number of piperidine rings is 1. The highest BCUT2D eigenvalue weighted by atomic mass is 16.5. The average molecular weight is 319 g/mol. The molecule has 1 amide bonds. The van der Waals surface area contributed by atoms with E-state index >= 15 is 0 Å². The van der Waals surface area contributed by atoms with Crippen molar-refractivity contribution in [1.29, 1.82) is 0 Å². The summed E-state index contributed by atoms with van der Waals surface area (Å²) < 4.78 is 5.38. The maximum Gasteiger partial charge on any atom is 0.231 e. The highest BCUT2D eigenvalue weighted by Gasteiger charge is 2.42. The Hall–Kier alpha value is -1.73. The molecule has 1 aromatic heterocycles. The lowest BCUT2D eigenvalue weighted by molar-refractivity contribution is -0.147. The standard InChI is InChI=1S/C16H25N5O2/c1-23-13-16(4-7-17-8-5-16)15(22)21-11-9-20(10-12-21)14-3-2-6-18-19-14/h2-3,6,17H,4-5,7-13H2,1H3. The Balaban J connectivity index is 1.63. The molecule has 1 aromatic rings. The maximum absolute atomic E-state index is 13.1. The number of rotatable bonds is 4. The molecule has 23 heavy (non-hydrogen) atoms. The van der Waals surface area contributed by atoms with Crippen LogP contribution in [0.25, 0.3) is 0 Å². The molecule has 0 aromatic carbocycles. The molecule has 2 aliphatic rings. The summed E-state index contributed by atoms with van der Waals surface area (Å²) in [7, 11) is 1.68. The summed E-state index contributed by atoms with van der Waals surface area (Å²) >= 11 is 0. The number of methoxy groups -OCH3 is 1. The normalized spacial score (nSPS) is 21.3. The van der Waals surface area contributed by atoms with Crippen molar-refractivity contribution in [3.8, 4) is 0 Å². The van der Waals surface area contributed by atoms with E-state index in [1.54, 1.807) is 13.3 Å². The predicted octanol–water partition coefficient (Wildman–Crippen LogP) is 0.141. The zero-order chi connectivity index (χ0) is 16.1. The van der Waals surface area contributed by atoms with Crippen LogP contribution in [-0.4, -0.2) is 74.0 Å². The van der Waals surface area contributed by atoms with Crippen LogP contribution in [0.1, 0.15) is 12.8 Å². The lowest BCUT2D eigenvalue weighted by Gasteiger charge is -2.42. The van der Waals surface area contributed by atoms with Crippen LogP contribution in [0.2, 0.25) is 0 Å². The number of nitrogens with zero attached hydrogens (tertiary/aromatic N) is 4. The molecule has 126 valence electrons. The third-order valence-corrected chi connectivity index (χ3v) is 4.88. The van der Waals surface area contributed by atoms with Gasteiger partial charge in [0.25, 0.3) is 0 Å². The van der Waals surface area contributed by atoms with E-state index in [9.17, 15) is 4.79 Å². The Labute approximate surface area is 137 Å². The minimum Gasteiger partial charge on any atom is -0.384 e. The second-order valence-corrected chi connectivity index (χ2v) is 6.32. The smallest absolute Gasteiger partial charge is 0.231 e. The summed E-state index contributed by atoms with van der Waals surface area (Å²) in [6.45, 7) is 5.33. The van der Waals surface area contributed by atoms with Gasteiger partial charge in [-0.3, -0.25) is 4.79 Å². The molecule has 0 spiro atoms. The number of carbonyl (C=O) groups is 1. The molecule has 0 unspecified atom stereocenters. The number of carbonyl (C=O) groups excluding carboxylic acids is 1. The summed E-state index contributed by atoms with van der Waals surface area (Å²) in [5, 5.41) is 11.4. The van der Waals surface area contributed by atoms with Crippen LogP contribution >= 0.6 is 0 Å². The van der Waals surface area contributed by atoms with Gasteiger partial charge < -0.3 is 19.9 Å². The third kappa shape index (κ3) is 3.45. The Morgan fingerprint density at radius 2 is 2.04 bits per heavy atom. The third-order valence-electron chi connectivity index (χ3n) is 4.88. The summed E-state index contributed by atoms with van der Waals surface area (Å²) in [5.74, 6) is 1.13. The molecule has 2 saturated heterocycles. The Morgan fingerprint density at radius 3 is 2.65 bits per heavy atom. The topological polar surface area (TPSA) is 70.6 Å². The van der Waals surface area contributed by atoms with Crippen molar-refractivity contribution in [2.24, 2.45) is 5.41 Å². The summed E-state index contributed by atoms with van der Waals surface area (Å²) in [5.41, 5.74) is -0.352. The number of hydrogen-bond acceptors (Lipinski definition) is 6. The van der Waals surface area contributed by atoms with E-state index in [2.05, 4.69) is 20.4 Å². The maximum atomic E-state index is 13.1. The van der Waals surface area contributed by atoms with Crippen molar-refractivity contribution in [2.45, 2.75) is 12.8 Å². The Kier molecular flexibility index (Phi) is 5.07. The van der Waals surface area contributed by atoms with Crippen molar-refractivity contribution < 1.29 is 9.53 Å². The van der Waals surface area contributed by atoms with Gasteiger partial charge in [0.1, 0.15) is 0 Å². The van der Waals surface area contributed by atoms with Gasteiger partial charge in [-0.1, -0.05) is 0 Å². The fourth-order valence-corrected chi connectivity index (χ4v) is 3.54. The van der Waals surface area contributed by atoms with Crippen LogP contribution in [0.4, 0.5) is 5.82 Å². The van der Waals surface area contributed by atoms with Crippen molar-refractivity contribution >= 4 is 11.7 Å². The number of aromatic nitrogens is 2. The molecule has 1 N–H and O–H groups in total. The first-order valence-electron chi connectivity index (χ1n) is 8.27. The Bertz CT molecular complexity index is 505. The van der Waals surface area contributed by atoms with Crippen LogP contribution < -0.4 is 10.2 Å². The molecule has 0 bridgehead atoms. The first-order valence-corrected chi connectivity index (χ1v) is 8.27. The lowest BCUT2D eigenvalue weighted by atomic mass is 9.78. The first-order chi connectivity index (χ1) is 11.2. The first kappa shape index (κ1) is 16.1. The number of hydrogen-bond donors (Lipinski definition) is 1. The Morgan fingerprint density at radius 1 is 1.30 bits per heavy atom. The zero-order valence-electron chi connectivity index (χ0n) is 13.7. The second kappa shape index (κ2) is 7.23. The van der Waals surface area contributed by atoms with E-state index in [1.807, 2.05) is 17.0 Å². The van der Waals surface area contributed by atoms with Gasteiger partial charge in [0.15, 0.2) is 5.82 Å². The number of amides is 1. The van der Waals surface area contributed by atoms with Gasteiger partial charge in [0.05, 0.1) is 12.0 Å². The molecule has 0 atom stereocenters. The SMILES string of the molecule is COCC1(C(=O)N2CCN(c3cccnn3)CC2)CCNCC1. The molecular weight excluding hydrogens is 294 g/mol. The molecule has 2 aliphatic heterocycles. The highest BCUT2D eigenvalue weighted by Crippen LogP contribution is 2.32. The molecule has 7 nitrogen and oxygen atoms in total. The number of ether oxygens (including phenoxy) is 1. The van der Waals surface area contributed by atoms with Crippen molar-refractivity contribution in [1.82, 2.24) is 20.4 Å². The zero-order valence-corrected chi connectivity index (χ0v) is 13.7. The van der Waals surface area contributed by atoms with E-state index in [0.717, 1.165) is 57.9 Å². The summed E-state index contributed by atoms with van der Waals surface area (Å²) in [4.78, 5) is 17.3. The van der Waals surface area contributed by atoms with E-state index in [4.69, 9.17) is 4.74 Å². The predicted molar refractivity (Wildman–Crippen MR) is 87.2 cm³/mol. The fourth-order valence-electron chi connectivity index (χ4n) is 3.54. The molecule has 0 radical (unpaired) electrons.